The van der Waals surface area contributed by atoms with Crippen LogP contribution in [0.25, 0.3) is 6.08 Å². The van der Waals surface area contributed by atoms with Crippen LogP contribution in [0.5, 0.6) is 11.5 Å². The summed E-state index contributed by atoms with van der Waals surface area (Å²) < 4.78 is 5.02. The number of allylic oxidation sites excluding steroid dienone is 1. The van der Waals surface area contributed by atoms with E-state index in [1.165, 1.54) is 18.2 Å². The number of hydrogen-bond donors (Lipinski definition) is 1. The van der Waals surface area contributed by atoms with E-state index in [-0.39, 0.29) is 11.5 Å². The summed E-state index contributed by atoms with van der Waals surface area (Å²) in [6.45, 7) is 0. The Morgan fingerprint density at radius 3 is 2.36 bits per heavy atom. The molecule has 142 valence electrons. The average Bonchev–Trinajstić information content (AvgIpc) is 2.72. The van der Waals surface area contributed by atoms with Gasteiger partial charge in [-0.15, -0.1) is 0 Å². The van der Waals surface area contributed by atoms with Crippen molar-refractivity contribution in [2.75, 3.05) is 7.11 Å². The number of carbonyl (C=O) groups is 1. The van der Waals surface area contributed by atoms with E-state index in [2.05, 4.69) is 36.4 Å². The Labute approximate surface area is 165 Å². The molecular weight excluding hydrogens is 348 g/mol. The molecule has 0 aliphatic heterocycles. The van der Waals surface area contributed by atoms with E-state index in [1.54, 1.807) is 30.4 Å². The van der Waals surface area contributed by atoms with Crippen LogP contribution in [0, 0.1) is 0 Å². The van der Waals surface area contributed by atoms with Crippen LogP contribution in [-0.2, 0) is 24.1 Å². The summed E-state index contributed by atoms with van der Waals surface area (Å²) in [7, 11) is 1.50. The summed E-state index contributed by atoms with van der Waals surface area (Å²) in [4.78, 5) is 12.3. The quantitative estimate of drug-likeness (QED) is 0.565. The predicted octanol–water partition coefficient (Wildman–Crippen LogP) is 5.01. The van der Waals surface area contributed by atoms with Gasteiger partial charge in [0, 0.05) is 6.42 Å². The molecule has 0 aliphatic rings. The number of ether oxygens (including phenoxy) is 1. The second-order valence-electron chi connectivity index (χ2n) is 6.71. The number of aromatic hydroxyl groups is 1. The molecule has 28 heavy (non-hydrogen) atoms. The molecule has 0 aliphatic carbocycles. The molecule has 0 bridgehead atoms. The Morgan fingerprint density at radius 1 is 0.893 bits per heavy atom. The summed E-state index contributed by atoms with van der Waals surface area (Å²) in [5.41, 5.74) is 4.31. The number of benzene rings is 3. The molecule has 0 saturated heterocycles. The van der Waals surface area contributed by atoms with E-state index in [4.69, 9.17) is 4.74 Å². The van der Waals surface area contributed by atoms with Gasteiger partial charge in [0.05, 0.1) is 7.11 Å². The van der Waals surface area contributed by atoms with E-state index in [0.29, 0.717) is 12.2 Å². The van der Waals surface area contributed by atoms with Gasteiger partial charge in [-0.05, 0) is 53.3 Å². The fraction of sp³-hybridized carbons (Fsp3) is 0.160. The lowest BCUT2D eigenvalue weighted by molar-refractivity contribution is -0.113. The van der Waals surface area contributed by atoms with Crippen LogP contribution in [-0.4, -0.2) is 18.0 Å². The maximum Gasteiger partial charge on any atom is 0.160 e. The summed E-state index contributed by atoms with van der Waals surface area (Å²) in [6.07, 6.45) is 5.56. The third-order valence-electron chi connectivity index (χ3n) is 4.58. The van der Waals surface area contributed by atoms with Crippen LogP contribution in [0.15, 0.2) is 78.9 Å². The third kappa shape index (κ3) is 5.58. The second kappa shape index (κ2) is 9.56. The number of phenols is 1. The normalized spacial score (nSPS) is 10.9. The molecule has 0 radical (unpaired) electrons. The van der Waals surface area contributed by atoms with Crippen LogP contribution < -0.4 is 4.74 Å². The zero-order chi connectivity index (χ0) is 19.8. The summed E-state index contributed by atoms with van der Waals surface area (Å²) >= 11 is 0. The molecular formula is C25H24O3. The predicted molar refractivity (Wildman–Crippen MR) is 113 cm³/mol. The van der Waals surface area contributed by atoms with Gasteiger partial charge in [-0.3, -0.25) is 4.79 Å². The van der Waals surface area contributed by atoms with Crippen molar-refractivity contribution in [1.29, 1.82) is 0 Å². The molecule has 0 unspecified atom stereocenters. The van der Waals surface area contributed by atoms with Crippen molar-refractivity contribution in [3.63, 3.8) is 0 Å². The van der Waals surface area contributed by atoms with Gasteiger partial charge < -0.3 is 9.84 Å². The summed E-state index contributed by atoms with van der Waals surface area (Å²) in [5, 5.41) is 9.81. The number of ketones is 1. The lowest BCUT2D eigenvalue weighted by Crippen LogP contribution is -2.00. The second-order valence-corrected chi connectivity index (χ2v) is 6.71. The minimum Gasteiger partial charge on any atom is -0.504 e. The minimum absolute atomic E-state index is 0.0236. The molecule has 0 aromatic heterocycles. The van der Waals surface area contributed by atoms with E-state index in [0.717, 1.165) is 24.0 Å². The number of rotatable bonds is 8. The number of carbonyl (C=O) groups excluding carboxylic acids is 1. The van der Waals surface area contributed by atoms with E-state index >= 15 is 0 Å². The molecule has 0 heterocycles. The van der Waals surface area contributed by atoms with Crippen molar-refractivity contribution in [1.82, 2.24) is 0 Å². The van der Waals surface area contributed by atoms with E-state index in [1.807, 2.05) is 18.2 Å². The number of phenolic OH excluding ortho intramolecular Hbond substituents is 1. The highest BCUT2D eigenvalue weighted by Gasteiger charge is 2.04. The zero-order valence-corrected chi connectivity index (χ0v) is 16.0. The highest BCUT2D eigenvalue weighted by molar-refractivity contribution is 5.95. The van der Waals surface area contributed by atoms with Gasteiger partial charge in [-0.25, -0.2) is 0 Å². The van der Waals surface area contributed by atoms with Crippen LogP contribution in [0.3, 0.4) is 0 Å². The van der Waals surface area contributed by atoms with Crippen molar-refractivity contribution in [2.45, 2.75) is 19.3 Å². The highest BCUT2D eigenvalue weighted by atomic mass is 16.5. The monoisotopic (exact) mass is 372 g/mol. The fourth-order valence-corrected chi connectivity index (χ4v) is 3.09. The van der Waals surface area contributed by atoms with Crippen molar-refractivity contribution in [2.24, 2.45) is 0 Å². The topological polar surface area (TPSA) is 46.5 Å². The Hall–Kier alpha value is -3.33. The molecule has 0 spiro atoms. The average molecular weight is 372 g/mol. The van der Waals surface area contributed by atoms with E-state index < -0.39 is 0 Å². The van der Waals surface area contributed by atoms with Crippen molar-refractivity contribution in [3.8, 4) is 11.5 Å². The maximum absolute atomic E-state index is 12.3. The largest absolute Gasteiger partial charge is 0.504 e. The van der Waals surface area contributed by atoms with Crippen LogP contribution in [0.4, 0.5) is 0 Å². The molecule has 3 aromatic rings. The third-order valence-corrected chi connectivity index (χ3v) is 4.58. The minimum atomic E-state index is 0.0236. The maximum atomic E-state index is 12.3. The molecule has 0 fully saturated rings. The first kappa shape index (κ1) is 19.4. The molecule has 3 aromatic carbocycles. The first-order chi connectivity index (χ1) is 13.6. The number of methoxy groups -OCH3 is 1. The lowest BCUT2D eigenvalue weighted by atomic mass is 10.0. The van der Waals surface area contributed by atoms with Crippen molar-refractivity contribution in [3.05, 3.63) is 101 Å². The van der Waals surface area contributed by atoms with Crippen molar-refractivity contribution >= 4 is 11.9 Å². The van der Waals surface area contributed by atoms with Gasteiger partial charge in [0.25, 0.3) is 0 Å². The zero-order valence-electron chi connectivity index (χ0n) is 16.0. The summed E-state index contributed by atoms with van der Waals surface area (Å²) in [5.74, 6) is 0.495. The van der Waals surface area contributed by atoms with Gasteiger partial charge in [0.15, 0.2) is 17.3 Å². The Balaban J connectivity index is 1.58. The highest BCUT2D eigenvalue weighted by Crippen LogP contribution is 2.26. The van der Waals surface area contributed by atoms with E-state index in [9.17, 15) is 9.90 Å². The smallest absolute Gasteiger partial charge is 0.160 e. The van der Waals surface area contributed by atoms with Crippen molar-refractivity contribution < 1.29 is 14.6 Å². The standard InChI is InChI=1S/C25H24O3/c1-28-25-15-13-21(18-24(25)27)12-14-23(26)17-22-9-5-8-20(16-22)11-10-19-6-3-2-4-7-19/h2-9,12-16,18,27H,10-11,17H2,1H3/b14-12+. The Morgan fingerprint density at radius 2 is 1.61 bits per heavy atom. The SMILES string of the molecule is COc1ccc(/C=C/C(=O)Cc2cccc(CCc3ccccc3)c2)cc1O. The molecule has 1 N–H and O–H groups in total. The van der Waals surface area contributed by atoms with Gasteiger partial charge >= 0.3 is 0 Å². The summed E-state index contributed by atoms with van der Waals surface area (Å²) in [6, 6.07) is 23.7. The first-order valence-electron chi connectivity index (χ1n) is 9.34. The lowest BCUT2D eigenvalue weighted by Gasteiger charge is -2.05. The number of hydrogen-bond acceptors (Lipinski definition) is 3. The van der Waals surface area contributed by atoms with Gasteiger partial charge in [0.1, 0.15) is 0 Å². The molecule has 3 heteroatoms. The molecule has 0 amide bonds. The molecule has 0 saturated carbocycles. The van der Waals surface area contributed by atoms with Gasteiger partial charge in [0.2, 0.25) is 0 Å². The molecule has 3 rings (SSSR count). The fourth-order valence-electron chi connectivity index (χ4n) is 3.09. The Kier molecular flexibility index (Phi) is 6.64. The van der Waals surface area contributed by atoms with Gasteiger partial charge in [-0.1, -0.05) is 66.7 Å². The van der Waals surface area contributed by atoms with Crippen LogP contribution in [0.1, 0.15) is 22.3 Å². The number of aryl methyl sites for hydroxylation is 2. The first-order valence-corrected chi connectivity index (χ1v) is 9.34. The molecule has 0 atom stereocenters. The van der Waals surface area contributed by atoms with Crippen LogP contribution in [0.2, 0.25) is 0 Å². The van der Waals surface area contributed by atoms with Crippen LogP contribution >= 0.6 is 0 Å². The van der Waals surface area contributed by atoms with Gasteiger partial charge in [-0.2, -0.15) is 0 Å². The molecule has 3 nitrogen and oxygen atoms in total. The Bertz CT molecular complexity index is 959.